The van der Waals surface area contributed by atoms with Gasteiger partial charge < -0.3 is 10.1 Å². The molecule has 0 bridgehead atoms. The summed E-state index contributed by atoms with van der Waals surface area (Å²) in [6.07, 6.45) is 0.137. The predicted octanol–water partition coefficient (Wildman–Crippen LogP) is 2.99. The molecule has 0 aliphatic rings. The average Bonchev–Trinajstić information content (AvgIpc) is 2.82. The number of aryl methyl sites for hydroxylation is 2. The molecule has 0 radical (unpaired) electrons. The van der Waals surface area contributed by atoms with Gasteiger partial charge in [-0.2, -0.15) is 5.10 Å². The van der Waals surface area contributed by atoms with Crippen LogP contribution in [0.15, 0.2) is 24.3 Å². The van der Waals surface area contributed by atoms with Gasteiger partial charge in [0.15, 0.2) is 5.78 Å². The highest BCUT2D eigenvalue weighted by atomic mass is 35.5. The van der Waals surface area contributed by atoms with E-state index in [0.29, 0.717) is 22.2 Å². The molecular weight excluding hydrogens is 318 g/mol. The fourth-order valence-electron chi connectivity index (χ4n) is 2.19. The van der Waals surface area contributed by atoms with Crippen molar-refractivity contribution in [2.24, 2.45) is 7.05 Å². The van der Waals surface area contributed by atoms with Gasteiger partial charge in [0, 0.05) is 31.0 Å². The van der Waals surface area contributed by atoms with Gasteiger partial charge in [-0.1, -0.05) is 11.6 Å². The zero-order chi connectivity index (χ0) is 17.0. The highest BCUT2D eigenvalue weighted by Crippen LogP contribution is 2.24. The molecule has 0 atom stereocenters. The number of rotatable bonds is 6. The standard InChI is InChI=1S/C16H18ClN3O3/c1-10-8-15(20(2)19-10)18-16(22)7-5-13(21)12-9-11(17)4-6-14(12)23-3/h4,6,8-9H,5,7H2,1-3H3,(H,18,22). The van der Waals surface area contributed by atoms with E-state index in [9.17, 15) is 9.59 Å². The van der Waals surface area contributed by atoms with Crippen molar-refractivity contribution in [2.45, 2.75) is 19.8 Å². The molecule has 1 N–H and O–H groups in total. The minimum absolute atomic E-state index is 0.0682. The minimum Gasteiger partial charge on any atom is -0.496 e. The Kier molecular flexibility index (Phi) is 5.39. The number of hydrogen-bond donors (Lipinski definition) is 1. The van der Waals surface area contributed by atoms with Crippen LogP contribution in [0.1, 0.15) is 28.9 Å². The summed E-state index contributed by atoms with van der Waals surface area (Å²) < 4.78 is 6.73. The van der Waals surface area contributed by atoms with Gasteiger partial charge >= 0.3 is 0 Å². The van der Waals surface area contributed by atoms with Crippen LogP contribution in [0.25, 0.3) is 0 Å². The molecule has 0 saturated heterocycles. The molecule has 6 nitrogen and oxygen atoms in total. The minimum atomic E-state index is -0.248. The fourth-order valence-corrected chi connectivity index (χ4v) is 2.36. The van der Waals surface area contributed by atoms with Crippen molar-refractivity contribution in [3.63, 3.8) is 0 Å². The second-order valence-corrected chi connectivity index (χ2v) is 5.55. The van der Waals surface area contributed by atoms with E-state index in [-0.39, 0.29) is 24.5 Å². The Morgan fingerprint density at radius 3 is 2.65 bits per heavy atom. The van der Waals surface area contributed by atoms with Crippen molar-refractivity contribution < 1.29 is 14.3 Å². The highest BCUT2D eigenvalue weighted by Gasteiger charge is 2.15. The molecule has 1 amide bonds. The number of carbonyl (C=O) groups is 2. The fraction of sp³-hybridized carbons (Fsp3) is 0.312. The maximum absolute atomic E-state index is 12.3. The third kappa shape index (κ3) is 4.32. The van der Waals surface area contributed by atoms with Crippen LogP contribution < -0.4 is 10.1 Å². The molecule has 0 aliphatic carbocycles. The van der Waals surface area contributed by atoms with E-state index in [1.807, 2.05) is 6.92 Å². The summed E-state index contributed by atoms with van der Waals surface area (Å²) >= 11 is 5.91. The molecule has 1 aromatic heterocycles. The Morgan fingerprint density at radius 1 is 1.30 bits per heavy atom. The van der Waals surface area contributed by atoms with Crippen LogP contribution in [-0.2, 0) is 11.8 Å². The van der Waals surface area contributed by atoms with Crippen LogP contribution in [0.2, 0.25) is 5.02 Å². The van der Waals surface area contributed by atoms with Gasteiger partial charge in [-0.05, 0) is 25.1 Å². The predicted molar refractivity (Wildman–Crippen MR) is 88.1 cm³/mol. The summed E-state index contributed by atoms with van der Waals surface area (Å²) in [6, 6.07) is 6.59. The van der Waals surface area contributed by atoms with Crippen LogP contribution in [0.3, 0.4) is 0 Å². The van der Waals surface area contributed by atoms with Gasteiger partial charge in [0.25, 0.3) is 0 Å². The van der Waals surface area contributed by atoms with E-state index in [4.69, 9.17) is 16.3 Å². The van der Waals surface area contributed by atoms with E-state index < -0.39 is 0 Å². The summed E-state index contributed by atoms with van der Waals surface area (Å²) in [6.45, 7) is 1.84. The lowest BCUT2D eigenvalue weighted by atomic mass is 10.1. The molecule has 2 aromatic rings. The molecule has 1 aromatic carbocycles. The summed E-state index contributed by atoms with van der Waals surface area (Å²) in [5.41, 5.74) is 1.19. The second kappa shape index (κ2) is 7.28. The first-order valence-electron chi connectivity index (χ1n) is 7.08. The first kappa shape index (κ1) is 17.0. The number of nitrogens with zero attached hydrogens (tertiary/aromatic N) is 2. The molecule has 2 rings (SSSR count). The van der Waals surface area contributed by atoms with Gasteiger partial charge in [-0.3, -0.25) is 14.3 Å². The van der Waals surface area contributed by atoms with E-state index >= 15 is 0 Å². The topological polar surface area (TPSA) is 73.2 Å². The normalized spacial score (nSPS) is 10.4. The Bertz CT molecular complexity index is 740. The molecule has 0 unspecified atom stereocenters. The summed E-state index contributed by atoms with van der Waals surface area (Å²) in [5, 5.41) is 7.32. The Balaban J connectivity index is 1.97. The summed E-state index contributed by atoms with van der Waals surface area (Å²) in [5.74, 6) is 0.602. The van der Waals surface area contributed by atoms with E-state index in [0.717, 1.165) is 5.69 Å². The van der Waals surface area contributed by atoms with Gasteiger partial charge in [-0.15, -0.1) is 0 Å². The summed E-state index contributed by atoms with van der Waals surface area (Å²) in [4.78, 5) is 24.2. The maximum atomic E-state index is 12.3. The molecule has 0 saturated carbocycles. The van der Waals surface area contributed by atoms with Gasteiger partial charge in [0.2, 0.25) is 5.91 Å². The van der Waals surface area contributed by atoms with Crippen molar-refractivity contribution in [2.75, 3.05) is 12.4 Å². The average molecular weight is 336 g/mol. The van der Waals surface area contributed by atoms with E-state index in [2.05, 4.69) is 10.4 Å². The largest absolute Gasteiger partial charge is 0.496 e. The lowest BCUT2D eigenvalue weighted by molar-refractivity contribution is -0.116. The number of anilines is 1. The SMILES string of the molecule is COc1ccc(Cl)cc1C(=O)CCC(=O)Nc1cc(C)nn1C. The molecule has 0 aliphatic heterocycles. The van der Waals surface area contributed by atoms with Gasteiger partial charge in [0.05, 0.1) is 18.4 Å². The smallest absolute Gasteiger partial charge is 0.225 e. The van der Waals surface area contributed by atoms with Crippen LogP contribution in [0, 0.1) is 6.92 Å². The van der Waals surface area contributed by atoms with Gasteiger partial charge in [0.1, 0.15) is 11.6 Å². The molecule has 0 spiro atoms. The monoisotopic (exact) mass is 335 g/mol. The van der Waals surface area contributed by atoms with Crippen molar-refractivity contribution in [1.29, 1.82) is 0 Å². The van der Waals surface area contributed by atoms with Crippen LogP contribution >= 0.6 is 11.6 Å². The number of carbonyl (C=O) groups excluding carboxylic acids is 2. The number of benzene rings is 1. The molecule has 23 heavy (non-hydrogen) atoms. The molecule has 0 fully saturated rings. The van der Waals surface area contributed by atoms with E-state index in [1.165, 1.54) is 7.11 Å². The maximum Gasteiger partial charge on any atom is 0.225 e. The Labute approximate surface area is 139 Å². The van der Waals surface area contributed by atoms with Gasteiger partial charge in [-0.25, -0.2) is 0 Å². The summed E-state index contributed by atoms with van der Waals surface area (Å²) in [7, 11) is 3.22. The van der Waals surface area contributed by atoms with Crippen molar-refractivity contribution in [1.82, 2.24) is 9.78 Å². The van der Waals surface area contributed by atoms with Crippen molar-refractivity contribution >= 4 is 29.1 Å². The Morgan fingerprint density at radius 2 is 2.04 bits per heavy atom. The number of nitrogens with one attached hydrogen (secondary N) is 1. The number of ketones is 1. The first-order valence-corrected chi connectivity index (χ1v) is 7.45. The first-order chi connectivity index (χ1) is 10.9. The van der Waals surface area contributed by atoms with E-state index in [1.54, 1.807) is 36.0 Å². The molecular formula is C16H18ClN3O3. The van der Waals surface area contributed by atoms with Crippen LogP contribution in [0.5, 0.6) is 5.75 Å². The number of Topliss-reactive ketones (excluding diaryl/α,β-unsaturated/α-hetero) is 1. The van der Waals surface area contributed by atoms with Crippen LogP contribution in [0.4, 0.5) is 5.82 Å². The number of ether oxygens (including phenoxy) is 1. The molecule has 1 heterocycles. The highest BCUT2D eigenvalue weighted by molar-refractivity contribution is 6.31. The van der Waals surface area contributed by atoms with Crippen molar-refractivity contribution in [3.8, 4) is 5.75 Å². The zero-order valence-corrected chi connectivity index (χ0v) is 14.0. The molecule has 122 valence electrons. The lowest BCUT2D eigenvalue weighted by Crippen LogP contribution is -2.16. The number of amides is 1. The quantitative estimate of drug-likeness (QED) is 0.824. The third-order valence-electron chi connectivity index (χ3n) is 3.31. The number of aromatic nitrogens is 2. The molecule has 7 heteroatoms. The Hall–Kier alpha value is -2.34. The second-order valence-electron chi connectivity index (χ2n) is 5.11. The lowest BCUT2D eigenvalue weighted by Gasteiger charge is -2.08. The number of methoxy groups -OCH3 is 1. The van der Waals surface area contributed by atoms with Crippen LogP contribution in [-0.4, -0.2) is 28.6 Å². The third-order valence-corrected chi connectivity index (χ3v) is 3.55. The zero-order valence-electron chi connectivity index (χ0n) is 13.2. The number of halogens is 1. The van der Waals surface area contributed by atoms with Crippen molar-refractivity contribution in [3.05, 3.63) is 40.5 Å². The number of hydrogen-bond acceptors (Lipinski definition) is 4.